The van der Waals surface area contributed by atoms with E-state index in [9.17, 15) is 0 Å². The second-order valence-corrected chi connectivity index (χ2v) is 4.88. The largest absolute Gasteiger partial charge is 0.372 e. The molecule has 96 valence electrons. The van der Waals surface area contributed by atoms with Gasteiger partial charge in [-0.15, -0.1) is 0 Å². The highest BCUT2D eigenvalue weighted by atomic mass is 35.5. The Morgan fingerprint density at radius 3 is 2.65 bits per heavy atom. The van der Waals surface area contributed by atoms with Gasteiger partial charge in [0, 0.05) is 17.1 Å². The highest BCUT2D eigenvalue weighted by Crippen LogP contribution is 2.25. The van der Waals surface area contributed by atoms with Gasteiger partial charge in [0.25, 0.3) is 0 Å². The first-order chi connectivity index (χ1) is 8.19. The van der Waals surface area contributed by atoms with Crippen molar-refractivity contribution in [1.82, 2.24) is 0 Å². The molecule has 0 aliphatic rings. The van der Waals surface area contributed by atoms with E-state index in [-0.39, 0.29) is 6.10 Å². The Labute approximate surface area is 109 Å². The fourth-order valence-corrected chi connectivity index (χ4v) is 2.13. The fraction of sp³-hybridized carbons (Fsp3) is 0.571. The molecule has 0 aliphatic heterocycles. The van der Waals surface area contributed by atoms with Gasteiger partial charge in [-0.2, -0.15) is 0 Å². The summed E-state index contributed by atoms with van der Waals surface area (Å²) in [7, 11) is 0. The average molecular weight is 256 g/mol. The third-order valence-electron chi connectivity index (χ3n) is 2.83. The van der Waals surface area contributed by atoms with Crippen molar-refractivity contribution in [3.63, 3.8) is 0 Å². The zero-order chi connectivity index (χ0) is 12.7. The molecule has 0 saturated heterocycles. The Balaban J connectivity index is 2.57. The monoisotopic (exact) mass is 255 g/mol. The minimum Gasteiger partial charge on any atom is -0.372 e. The van der Waals surface area contributed by atoms with Crippen LogP contribution in [0.5, 0.6) is 0 Å². The van der Waals surface area contributed by atoms with Gasteiger partial charge in [0.1, 0.15) is 0 Å². The zero-order valence-corrected chi connectivity index (χ0v) is 11.4. The van der Waals surface area contributed by atoms with Gasteiger partial charge >= 0.3 is 0 Å². The maximum absolute atomic E-state index is 6.14. The molecule has 3 heteroatoms. The van der Waals surface area contributed by atoms with Crippen LogP contribution in [-0.4, -0.2) is 13.2 Å². The second kappa shape index (κ2) is 7.70. The maximum atomic E-state index is 6.14. The Hall–Kier alpha value is -0.570. The summed E-state index contributed by atoms with van der Waals surface area (Å²) in [6.45, 7) is 5.58. The molecular formula is C14H22ClNO. The van der Waals surface area contributed by atoms with Crippen molar-refractivity contribution in [3.8, 4) is 0 Å². The molecule has 0 aromatic heterocycles. The van der Waals surface area contributed by atoms with Crippen molar-refractivity contribution in [2.45, 2.75) is 32.8 Å². The second-order valence-electron chi connectivity index (χ2n) is 4.47. The first-order valence-corrected chi connectivity index (χ1v) is 6.62. The van der Waals surface area contributed by atoms with E-state index in [1.807, 2.05) is 24.3 Å². The maximum Gasteiger partial charge on any atom is 0.0961 e. The predicted octanol–water partition coefficient (Wildman–Crippen LogP) is 3.79. The van der Waals surface area contributed by atoms with Crippen molar-refractivity contribution in [1.29, 1.82) is 0 Å². The van der Waals surface area contributed by atoms with Crippen molar-refractivity contribution >= 4 is 11.6 Å². The van der Waals surface area contributed by atoms with E-state index in [1.54, 1.807) is 0 Å². The van der Waals surface area contributed by atoms with Gasteiger partial charge in [-0.05, 0) is 18.4 Å². The van der Waals surface area contributed by atoms with Crippen molar-refractivity contribution in [2.24, 2.45) is 11.7 Å². The fourth-order valence-electron chi connectivity index (χ4n) is 1.88. The first-order valence-electron chi connectivity index (χ1n) is 6.25. The summed E-state index contributed by atoms with van der Waals surface area (Å²) in [6, 6.07) is 7.73. The van der Waals surface area contributed by atoms with E-state index in [1.165, 1.54) is 12.8 Å². The number of benzene rings is 1. The highest BCUT2D eigenvalue weighted by Gasteiger charge is 2.14. The van der Waals surface area contributed by atoms with Gasteiger partial charge in [0.15, 0.2) is 0 Å². The number of hydrogen-bond donors (Lipinski definition) is 1. The van der Waals surface area contributed by atoms with Crippen LogP contribution in [0, 0.1) is 5.92 Å². The minimum absolute atomic E-state index is 0.0944. The molecule has 0 radical (unpaired) electrons. The molecule has 2 atom stereocenters. The van der Waals surface area contributed by atoms with Crippen LogP contribution < -0.4 is 5.73 Å². The smallest absolute Gasteiger partial charge is 0.0961 e. The number of rotatable bonds is 7. The van der Waals surface area contributed by atoms with E-state index >= 15 is 0 Å². The van der Waals surface area contributed by atoms with E-state index < -0.39 is 0 Å². The molecule has 0 heterocycles. The lowest BCUT2D eigenvalue weighted by Crippen LogP contribution is -2.19. The highest BCUT2D eigenvalue weighted by molar-refractivity contribution is 6.31. The topological polar surface area (TPSA) is 35.2 Å². The van der Waals surface area contributed by atoms with Gasteiger partial charge in [0.05, 0.1) is 12.7 Å². The standard InChI is InChI=1S/C14H22ClNO/c1-3-6-11(2)10-17-14(9-16)12-7-4-5-8-13(12)15/h4-5,7-8,11,14H,3,6,9-10,16H2,1-2H3. The van der Waals surface area contributed by atoms with Crippen LogP contribution in [0.15, 0.2) is 24.3 Å². The minimum atomic E-state index is -0.0944. The number of hydrogen-bond acceptors (Lipinski definition) is 2. The van der Waals surface area contributed by atoms with Crippen LogP contribution in [-0.2, 0) is 4.74 Å². The SMILES string of the molecule is CCCC(C)COC(CN)c1ccccc1Cl. The van der Waals surface area contributed by atoms with Crippen LogP contribution in [0.25, 0.3) is 0 Å². The Bertz CT molecular complexity index is 330. The zero-order valence-electron chi connectivity index (χ0n) is 10.7. The quantitative estimate of drug-likeness (QED) is 0.805. The Morgan fingerprint density at radius 2 is 2.06 bits per heavy atom. The molecule has 1 aromatic rings. The molecule has 2 nitrogen and oxygen atoms in total. The number of ether oxygens (including phenoxy) is 1. The summed E-state index contributed by atoms with van der Waals surface area (Å²) in [5.74, 6) is 0.566. The lowest BCUT2D eigenvalue weighted by Gasteiger charge is -2.20. The van der Waals surface area contributed by atoms with E-state index in [2.05, 4.69) is 13.8 Å². The molecule has 2 unspecified atom stereocenters. The van der Waals surface area contributed by atoms with E-state index in [4.69, 9.17) is 22.1 Å². The summed E-state index contributed by atoms with van der Waals surface area (Å²) < 4.78 is 5.86. The van der Waals surface area contributed by atoms with Crippen molar-refractivity contribution in [3.05, 3.63) is 34.9 Å². The summed E-state index contributed by atoms with van der Waals surface area (Å²) >= 11 is 6.14. The molecule has 2 N–H and O–H groups in total. The van der Waals surface area contributed by atoms with Crippen LogP contribution in [0.3, 0.4) is 0 Å². The average Bonchev–Trinajstić information content (AvgIpc) is 2.32. The lowest BCUT2D eigenvalue weighted by atomic mass is 10.1. The van der Waals surface area contributed by atoms with Gasteiger partial charge in [-0.1, -0.05) is 50.1 Å². The molecular weight excluding hydrogens is 234 g/mol. The summed E-state index contributed by atoms with van der Waals surface area (Å²) in [5.41, 5.74) is 6.74. The normalized spacial score (nSPS) is 14.6. The molecule has 0 aliphatic carbocycles. The van der Waals surface area contributed by atoms with Crippen LogP contribution in [0.1, 0.15) is 38.4 Å². The van der Waals surface area contributed by atoms with Crippen LogP contribution in [0.2, 0.25) is 5.02 Å². The summed E-state index contributed by atoms with van der Waals surface area (Å²) in [4.78, 5) is 0. The molecule has 0 saturated carbocycles. The Morgan fingerprint density at radius 1 is 1.35 bits per heavy atom. The number of halogens is 1. The predicted molar refractivity (Wildman–Crippen MR) is 73.3 cm³/mol. The van der Waals surface area contributed by atoms with Gasteiger partial charge in [-0.3, -0.25) is 0 Å². The first kappa shape index (κ1) is 14.5. The van der Waals surface area contributed by atoms with Gasteiger partial charge in [0.2, 0.25) is 0 Å². The van der Waals surface area contributed by atoms with Gasteiger partial charge < -0.3 is 10.5 Å². The summed E-state index contributed by atoms with van der Waals surface area (Å²) in [6.07, 6.45) is 2.27. The molecule has 0 amide bonds. The lowest BCUT2D eigenvalue weighted by molar-refractivity contribution is 0.0352. The molecule has 0 spiro atoms. The number of nitrogens with two attached hydrogens (primary N) is 1. The van der Waals surface area contributed by atoms with Crippen LogP contribution in [0.4, 0.5) is 0 Å². The van der Waals surface area contributed by atoms with E-state index in [0.717, 1.165) is 17.2 Å². The van der Waals surface area contributed by atoms with Crippen molar-refractivity contribution in [2.75, 3.05) is 13.2 Å². The summed E-state index contributed by atoms with van der Waals surface area (Å²) in [5, 5.41) is 0.728. The third-order valence-corrected chi connectivity index (χ3v) is 3.17. The molecule has 0 fully saturated rings. The van der Waals surface area contributed by atoms with Gasteiger partial charge in [-0.25, -0.2) is 0 Å². The third kappa shape index (κ3) is 4.66. The Kier molecular flexibility index (Phi) is 6.56. The molecule has 1 aromatic carbocycles. The molecule has 1 rings (SSSR count). The van der Waals surface area contributed by atoms with E-state index in [0.29, 0.717) is 12.5 Å². The van der Waals surface area contributed by atoms with Crippen molar-refractivity contribution < 1.29 is 4.74 Å². The molecule has 17 heavy (non-hydrogen) atoms. The molecule has 0 bridgehead atoms. The van der Waals surface area contributed by atoms with Crippen LogP contribution >= 0.6 is 11.6 Å².